The summed E-state index contributed by atoms with van der Waals surface area (Å²) in [6.45, 7) is 0.392. The summed E-state index contributed by atoms with van der Waals surface area (Å²) in [6.07, 6.45) is 0.501. The number of rotatable bonds is 6. The molecule has 1 N–H and O–H groups in total. The number of benzene rings is 2. The van der Waals surface area contributed by atoms with Gasteiger partial charge < -0.3 is 10.1 Å². The molecule has 1 saturated heterocycles. The lowest BCUT2D eigenvalue weighted by Gasteiger charge is -2.20. The van der Waals surface area contributed by atoms with Gasteiger partial charge in [0.1, 0.15) is 0 Å². The van der Waals surface area contributed by atoms with Crippen LogP contribution in [0.25, 0.3) is 0 Å². The number of carbonyl (C=O) groups excluding carboxylic acids is 2. The largest absolute Gasteiger partial charge is 0.469 e. The average Bonchev–Trinajstić information content (AvgIpc) is 3.07. The van der Waals surface area contributed by atoms with Crippen LogP contribution < -0.4 is 9.62 Å². The van der Waals surface area contributed by atoms with Gasteiger partial charge in [-0.25, -0.2) is 8.42 Å². The molecule has 1 fully saturated rings. The summed E-state index contributed by atoms with van der Waals surface area (Å²) in [5.74, 6) is -0.796. The second kappa shape index (κ2) is 8.84. The minimum atomic E-state index is -3.34. The van der Waals surface area contributed by atoms with Crippen molar-refractivity contribution in [3.63, 3.8) is 0 Å². The standard InChI is InChI=1S/C20H21ClN2O5S/c1-28-19(24)13-18(14-6-8-16(21)9-7-14)22-20(25)15-4-2-5-17(12-15)23-10-3-11-29(23,26)27/h2,4-9,12,18H,3,10-11,13H2,1H3,(H,22,25)/t18-/m1/s1. The number of halogens is 1. The normalized spacial score (nSPS) is 16.3. The van der Waals surface area contributed by atoms with E-state index in [1.807, 2.05) is 0 Å². The Morgan fingerprint density at radius 2 is 1.93 bits per heavy atom. The SMILES string of the molecule is COC(=O)C[C@@H](NC(=O)c1cccc(N2CCCS2(=O)=O)c1)c1ccc(Cl)cc1. The summed E-state index contributed by atoms with van der Waals surface area (Å²) in [7, 11) is -2.06. The van der Waals surface area contributed by atoms with Gasteiger partial charge in [-0.05, 0) is 42.3 Å². The van der Waals surface area contributed by atoms with Crippen LogP contribution in [0.2, 0.25) is 5.02 Å². The van der Waals surface area contributed by atoms with Crippen LogP contribution in [0.1, 0.15) is 34.8 Å². The van der Waals surface area contributed by atoms with Crippen LogP contribution >= 0.6 is 11.6 Å². The number of amides is 1. The highest BCUT2D eigenvalue weighted by Gasteiger charge is 2.29. The van der Waals surface area contributed by atoms with Crippen LogP contribution in [-0.4, -0.2) is 39.7 Å². The van der Waals surface area contributed by atoms with E-state index in [1.54, 1.807) is 42.5 Å². The Kier molecular flexibility index (Phi) is 6.44. The Balaban J connectivity index is 1.83. The maximum absolute atomic E-state index is 12.8. The lowest BCUT2D eigenvalue weighted by Crippen LogP contribution is -2.31. The first-order valence-electron chi connectivity index (χ1n) is 9.04. The lowest BCUT2D eigenvalue weighted by atomic mass is 10.0. The topological polar surface area (TPSA) is 92.8 Å². The molecular formula is C20H21ClN2O5S. The summed E-state index contributed by atoms with van der Waals surface area (Å²) in [6, 6.07) is 12.6. The molecule has 0 saturated carbocycles. The molecule has 3 rings (SSSR count). The van der Waals surface area contributed by atoms with Crippen LogP contribution in [0.4, 0.5) is 5.69 Å². The zero-order chi connectivity index (χ0) is 21.0. The van der Waals surface area contributed by atoms with Crippen molar-refractivity contribution in [1.82, 2.24) is 5.32 Å². The van der Waals surface area contributed by atoms with E-state index in [0.717, 1.165) is 0 Å². The molecule has 7 nitrogen and oxygen atoms in total. The molecule has 2 aromatic rings. The van der Waals surface area contributed by atoms with Crippen LogP contribution in [-0.2, 0) is 19.6 Å². The van der Waals surface area contributed by atoms with E-state index in [-0.39, 0.29) is 12.2 Å². The van der Waals surface area contributed by atoms with Crippen LogP contribution in [0, 0.1) is 0 Å². The van der Waals surface area contributed by atoms with E-state index in [4.69, 9.17) is 16.3 Å². The minimum Gasteiger partial charge on any atom is -0.469 e. The van der Waals surface area contributed by atoms with E-state index in [1.165, 1.54) is 17.5 Å². The summed E-state index contributed by atoms with van der Waals surface area (Å²) in [5, 5.41) is 3.36. The summed E-state index contributed by atoms with van der Waals surface area (Å²) >= 11 is 5.92. The van der Waals surface area contributed by atoms with E-state index in [0.29, 0.717) is 34.8 Å². The number of nitrogens with zero attached hydrogens (tertiary/aromatic N) is 1. The van der Waals surface area contributed by atoms with Crippen molar-refractivity contribution in [3.05, 3.63) is 64.7 Å². The predicted molar refractivity (Wildman–Crippen MR) is 110 cm³/mol. The summed E-state index contributed by atoms with van der Waals surface area (Å²) < 4.78 is 30.3. The van der Waals surface area contributed by atoms with Crippen molar-refractivity contribution in [3.8, 4) is 0 Å². The molecule has 154 valence electrons. The molecule has 0 radical (unpaired) electrons. The highest BCUT2D eigenvalue weighted by molar-refractivity contribution is 7.93. The average molecular weight is 437 g/mol. The van der Waals surface area contributed by atoms with E-state index < -0.39 is 27.9 Å². The van der Waals surface area contributed by atoms with Gasteiger partial charge in [0.2, 0.25) is 10.0 Å². The molecule has 1 heterocycles. The van der Waals surface area contributed by atoms with Gasteiger partial charge >= 0.3 is 5.97 Å². The fourth-order valence-corrected chi connectivity index (χ4v) is 4.85. The van der Waals surface area contributed by atoms with Crippen molar-refractivity contribution in [2.75, 3.05) is 23.7 Å². The number of hydrogen-bond donors (Lipinski definition) is 1. The highest BCUT2D eigenvalue weighted by atomic mass is 35.5. The Labute approximate surface area is 174 Å². The first kappa shape index (κ1) is 21.1. The summed E-state index contributed by atoms with van der Waals surface area (Å²) in [5.41, 5.74) is 1.45. The molecule has 9 heteroatoms. The third-order valence-corrected chi connectivity index (χ3v) is 6.79. The monoisotopic (exact) mass is 436 g/mol. The number of nitrogens with one attached hydrogen (secondary N) is 1. The minimum absolute atomic E-state index is 0.0515. The molecule has 1 amide bonds. The zero-order valence-corrected chi connectivity index (χ0v) is 17.4. The third kappa shape index (κ3) is 5.07. The van der Waals surface area contributed by atoms with Crippen molar-refractivity contribution < 1.29 is 22.7 Å². The number of sulfonamides is 1. The second-order valence-electron chi connectivity index (χ2n) is 6.65. The zero-order valence-electron chi connectivity index (χ0n) is 15.8. The first-order chi connectivity index (χ1) is 13.8. The molecule has 0 aliphatic carbocycles. The number of hydrogen-bond acceptors (Lipinski definition) is 5. The summed E-state index contributed by atoms with van der Waals surface area (Å²) in [4.78, 5) is 24.6. The van der Waals surface area contributed by atoms with Crippen molar-refractivity contribution in [2.45, 2.75) is 18.9 Å². The van der Waals surface area contributed by atoms with E-state index in [9.17, 15) is 18.0 Å². The third-order valence-electron chi connectivity index (χ3n) is 4.67. The highest BCUT2D eigenvalue weighted by Crippen LogP contribution is 2.26. The maximum atomic E-state index is 12.8. The van der Waals surface area contributed by atoms with Crippen molar-refractivity contribution in [2.24, 2.45) is 0 Å². The first-order valence-corrected chi connectivity index (χ1v) is 11.0. The van der Waals surface area contributed by atoms with Gasteiger partial charge in [0.05, 0.1) is 31.0 Å². The van der Waals surface area contributed by atoms with Gasteiger partial charge in [-0.2, -0.15) is 0 Å². The Morgan fingerprint density at radius 3 is 2.55 bits per heavy atom. The van der Waals surface area contributed by atoms with Crippen LogP contribution in [0.3, 0.4) is 0 Å². The van der Waals surface area contributed by atoms with Gasteiger partial charge in [-0.3, -0.25) is 13.9 Å². The Hall–Kier alpha value is -2.58. The molecule has 1 atom stereocenters. The van der Waals surface area contributed by atoms with Gasteiger partial charge in [0, 0.05) is 17.1 Å². The molecule has 1 aliphatic rings. The lowest BCUT2D eigenvalue weighted by molar-refractivity contribution is -0.141. The maximum Gasteiger partial charge on any atom is 0.307 e. The number of ether oxygens (including phenoxy) is 1. The van der Waals surface area contributed by atoms with Gasteiger partial charge in [0.25, 0.3) is 5.91 Å². The number of methoxy groups -OCH3 is 1. The fourth-order valence-electron chi connectivity index (χ4n) is 3.17. The quantitative estimate of drug-likeness (QED) is 0.703. The van der Waals surface area contributed by atoms with Crippen LogP contribution in [0.5, 0.6) is 0 Å². The second-order valence-corrected chi connectivity index (χ2v) is 9.10. The van der Waals surface area contributed by atoms with Crippen molar-refractivity contribution >= 4 is 39.2 Å². The molecule has 29 heavy (non-hydrogen) atoms. The molecular weight excluding hydrogens is 416 g/mol. The number of carbonyl (C=O) groups is 2. The van der Waals surface area contributed by atoms with Gasteiger partial charge in [-0.15, -0.1) is 0 Å². The van der Waals surface area contributed by atoms with Gasteiger partial charge in [0.15, 0.2) is 0 Å². The van der Waals surface area contributed by atoms with Crippen molar-refractivity contribution in [1.29, 1.82) is 0 Å². The van der Waals surface area contributed by atoms with Gasteiger partial charge in [-0.1, -0.05) is 29.8 Å². The Bertz CT molecular complexity index is 1010. The van der Waals surface area contributed by atoms with Crippen LogP contribution in [0.15, 0.2) is 48.5 Å². The number of anilines is 1. The molecule has 0 spiro atoms. The molecule has 1 aliphatic heterocycles. The van der Waals surface area contributed by atoms with E-state index >= 15 is 0 Å². The molecule has 0 aromatic heterocycles. The fraction of sp³-hybridized carbons (Fsp3) is 0.300. The molecule has 0 bridgehead atoms. The molecule has 0 unspecified atom stereocenters. The number of esters is 1. The smallest absolute Gasteiger partial charge is 0.307 e. The van der Waals surface area contributed by atoms with E-state index in [2.05, 4.69) is 5.32 Å². The predicted octanol–water partition coefficient (Wildman–Crippen LogP) is 2.91. The Morgan fingerprint density at radius 1 is 1.21 bits per heavy atom. The molecule has 2 aromatic carbocycles.